The molecule has 0 saturated carbocycles. The Hall–Kier alpha value is -3.15. The van der Waals surface area contributed by atoms with E-state index >= 15 is 0 Å². The van der Waals surface area contributed by atoms with E-state index in [9.17, 15) is 9.59 Å². The zero-order valence-corrected chi connectivity index (χ0v) is 11.7. The minimum atomic E-state index is -0.457. The lowest BCUT2D eigenvalue weighted by Gasteiger charge is -2.04. The minimum Gasteiger partial charge on any atom is -0.369 e. The number of rotatable bonds is 4. The van der Waals surface area contributed by atoms with E-state index < -0.39 is 5.91 Å². The fourth-order valence-corrected chi connectivity index (χ4v) is 2.18. The maximum absolute atomic E-state index is 12.2. The van der Waals surface area contributed by atoms with Crippen molar-refractivity contribution in [1.82, 2.24) is 9.97 Å². The highest BCUT2D eigenvalue weighted by molar-refractivity contribution is 6.05. The molecule has 0 atom stereocenters. The Kier molecular flexibility index (Phi) is 3.57. The molecule has 6 heteroatoms. The van der Waals surface area contributed by atoms with Crippen LogP contribution in [0.2, 0.25) is 0 Å². The predicted octanol–water partition coefficient (Wildman–Crippen LogP) is 1.84. The maximum Gasteiger partial charge on any atom is 0.255 e. The summed E-state index contributed by atoms with van der Waals surface area (Å²) in [4.78, 5) is 30.4. The van der Waals surface area contributed by atoms with Gasteiger partial charge in [0, 0.05) is 11.3 Å². The molecule has 0 aliphatic heterocycles. The standard InChI is InChI=1S/C16H14N4O2/c17-14(21)9-15-19-12-7-6-10(8-13(12)20-15)16(22)18-11-4-2-1-3-5-11/h1-8H,9H2,(H2,17,21)(H,18,22)(H,19,20). The first-order valence-corrected chi connectivity index (χ1v) is 6.75. The van der Waals surface area contributed by atoms with Crippen LogP contribution in [0.1, 0.15) is 16.2 Å². The van der Waals surface area contributed by atoms with Crippen molar-refractivity contribution >= 4 is 28.5 Å². The number of nitrogens with one attached hydrogen (secondary N) is 2. The molecule has 22 heavy (non-hydrogen) atoms. The van der Waals surface area contributed by atoms with Crippen molar-refractivity contribution in [2.75, 3.05) is 5.32 Å². The molecular weight excluding hydrogens is 280 g/mol. The van der Waals surface area contributed by atoms with Gasteiger partial charge in [0.05, 0.1) is 17.5 Å². The molecule has 3 aromatic rings. The van der Waals surface area contributed by atoms with Crippen molar-refractivity contribution in [1.29, 1.82) is 0 Å². The largest absolute Gasteiger partial charge is 0.369 e. The number of carbonyl (C=O) groups is 2. The van der Waals surface area contributed by atoms with E-state index in [4.69, 9.17) is 5.73 Å². The van der Waals surface area contributed by atoms with Gasteiger partial charge in [-0.25, -0.2) is 4.98 Å². The van der Waals surface area contributed by atoms with Gasteiger partial charge in [0.15, 0.2) is 0 Å². The number of fused-ring (bicyclic) bond motifs is 1. The van der Waals surface area contributed by atoms with E-state index in [0.29, 0.717) is 22.4 Å². The first-order chi connectivity index (χ1) is 10.6. The molecule has 110 valence electrons. The summed E-state index contributed by atoms with van der Waals surface area (Å²) in [5, 5.41) is 2.81. The first-order valence-electron chi connectivity index (χ1n) is 6.75. The van der Waals surface area contributed by atoms with Crippen LogP contribution < -0.4 is 11.1 Å². The number of imidazole rings is 1. The van der Waals surface area contributed by atoms with Gasteiger partial charge in [-0.05, 0) is 30.3 Å². The zero-order valence-electron chi connectivity index (χ0n) is 11.7. The molecular formula is C16H14N4O2. The summed E-state index contributed by atoms with van der Waals surface area (Å²) >= 11 is 0. The Morgan fingerprint density at radius 2 is 1.91 bits per heavy atom. The normalized spacial score (nSPS) is 10.5. The van der Waals surface area contributed by atoms with Crippen molar-refractivity contribution in [3.05, 3.63) is 59.9 Å². The molecule has 1 heterocycles. The van der Waals surface area contributed by atoms with Gasteiger partial charge in [0.1, 0.15) is 5.82 Å². The van der Waals surface area contributed by atoms with E-state index in [1.807, 2.05) is 30.3 Å². The number of carbonyl (C=O) groups excluding carboxylic acids is 2. The van der Waals surface area contributed by atoms with Crippen LogP contribution in [-0.4, -0.2) is 21.8 Å². The van der Waals surface area contributed by atoms with Crippen LogP contribution in [0.15, 0.2) is 48.5 Å². The summed E-state index contributed by atoms with van der Waals surface area (Å²) in [5.74, 6) is -0.177. The van der Waals surface area contributed by atoms with Crippen molar-refractivity contribution < 1.29 is 9.59 Å². The molecule has 0 fully saturated rings. The van der Waals surface area contributed by atoms with Gasteiger partial charge in [-0.2, -0.15) is 0 Å². The molecule has 0 saturated heterocycles. The Labute approximate surface area is 126 Å². The first kappa shape index (κ1) is 13.8. The van der Waals surface area contributed by atoms with Crippen molar-refractivity contribution in [3.63, 3.8) is 0 Å². The minimum absolute atomic E-state index is 0.0419. The van der Waals surface area contributed by atoms with Crippen molar-refractivity contribution in [3.8, 4) is 0 Å². The molecule has 2 amide bonds. The van der Waals surface area contributed by atoms with E-state index in [0.717, 1.165) is 5.69 Å². The van der Waals surface area contributed by atoms with Gasteiger partial charge in [-0.3, -0.25) is 9.59 Å². The molecule has 0 radical (unpaired) electrons. The number of hydrogen-bond donors (Lipinski definition) is 3. The monoisotopic (exact) mass is 294 g/mol. The lowest BCUT2D eigenvalue weighted by atomic mass is 10.2. The molecule has 6 nitrogen and oxygen atoms in total. The third-order valence-corrected chi connectivity index (χ3v) is 3.17. The molecule has 0 aliphatic rings. The van der Waals surface area contributed by atoms with Crippen LogP contribution in [-0.2, 0) is 11.2 Å². The lowest BCUT2D eigenvalue weighted by molar-refractivity contribution is -0.117. The summed E-state index contributed by atoms with van der Waals surface area (Å²) < 4.78 is 0. The fourth-order valence-electron chi connectivity index (χ4n) is 2.18. The van der Waals surface area contributed by atoms with Gasteiger partial charge in [0.2, 0.25) is 5.91 Å². The summed E-state index contributed by atoms with van der Waals surface area (Å²) in [7, 11) is 0. The molecule has 0 spiro atoms. The van der Waals surface area contributed by atoms with E-state index in [1.54, 1.807) is 18.2 Å². The highest BCUT2D eigenvalue weighted by Crippen LogP contribution is 2.16. The van der Waals surface area contributed by atoms with Crippen LogP contribution in [0.25, 0.3) is 11.0 Å². The molecule has 0 bridgehead atoms. The Balaban J connectivity index is 1.84. The number of para-hydroxylation sites is 1. The number of hydrogen-bond acceptors (Lipinski definition) is 3. The SMILES string of the molecule is NC(=O)Cc1nc2ccc(C(=O)Nc3ccccc3)cc2[nH]1. The predicted molar refractivity (Wildman–Crippen MR) is 83.4 cm³/mol. The number of anilines is 1. The Morgan fingerprint density at radius 1 is 1.14 bits per heavy atom. The van der Waals surface area contributed by atoms with Crippen molar-refractivity contribution in [2.24, 2.45) is 5.73 Å². The summed E-state index contributed by atoms with van der Waals surface area (Å²) in [5.41, 5.74) is 7.76. The number of amides is 2. The Bertz CT molecular complexity index is 840. The van der Waals surface area contributed by atoms with Crippen LogP contribution >= 0.6 is 0 Å². The average Bonchev–Trinajstić information content (AvgIpc) is 2.88. The number of nitrogens with two attached hydrogens (primary N) is 1. The number of aromatic amines is 1. The summed E-state index contributed by atoms with van der Waals surface area (Å²) in [6.45, 7) is 0. The number of nitrogens with zero attached hydrogens (tertiary/aromatic N) is 1. The van der Waals surface area contributed by atoms with E-state index in [2.05, 4.69) is 15.3 Å². The highest BCUT2D eigenvalue weighted by atomic mass is 16.2. The van der Waals surface area contributed by atoms with Gasteiger partial charge >= 0.3 is 0 Å². The van der Waals surface area contributed by atoms with Crippen LogP contribution in [0.5, 0.6) is 0 Å². The van der Waals surface area contributed by atoms with Gasteiger partial charge in [0.25, 0.3) is 5.91 Å². The third kappa shape index (κ3) is 2.95. The maximum atomic E-state index is 12.2. The second-order valence-corrected chi connectivity index (χ2v) is 4.88. The zero-order chi connectivity index (χ0) is 15.5. The average molecular weight is 294 g/mol. The number of aromatic nitrogens is 2. The number of H-pyrrole nitrogens is 1. The van der Waals surface area contributed by atoms with Crippen LogP contribution in [0.3, 0.4) is 0 Å². The molecule has 4 N–H and O–H groups in total. The van der Waals surface area contributed by atoms with Crippen LogP contribution in [0, 0.1) is 0 Å². The lowest BCUT2D eigenvalue weighted by Crippen LogP contribution is -2.14. The molecule has 0 aliphatic carbocycles. The molecule has 3 rings (SSSR count). The van der Waals surface area contributed by atoms with E-state index in [-0.39, 0.29) is 12.3 Å². The number of benzene rings is 2. The van der Waals surface area contributed by atoms with Crippen LogP contribution in [0.4, 0.5) is 5.69 Å². The second-order valence-electron chi connectivity index (χ2n) is 4.88. The molecule has 0 unspecified atom stereocenters. The highest BCUT2D eigenvalue weighted by Gasteiger charge is 2.10. The smallest absolute Gasteiger partial charge is 0.255 e. The van der Waals surface area contributed by atoms with E-state index in [1.165, 1.54) is 0 Å². The fraction of sp³-hybridized carbons (Fsp3) is 0.0625. The quantitative estimate of drug-likeness (QED) is 0.684. The topological polar surface area (TPSA) is 101 Å². The third-order valence-electron chi connectivity index (χ3n) is 3.17. The Morgan fingerprint density at radius 3 is 2.64 bits per heavy atom. The van der Waals surface area contributed by atoms with Gasteiger partial charge < -0.3 is 16.0 Å². The van der Waals surface area contributed by atoms with Crippen molar-refractivity contribution in [2.45, 2.75) is 6.42 Å². The molecule has 1 aromatic heterocycles. The summed E-state index contributed by atoms with van der Waals surface area (Å²) in [6, 6.07) is 14.3. The van der Waals surface area contributed by atoms with Gasteiger partial charge in [-0.15, -0.1) is 0 Å². The second kappa shape index (κ2) is 5.69. The molecule has 2 aromatic carbocycles. The van der Waals surface area contributed by atoms with Gasteiger partial charge in [-0.1, -0.05) is 18.2 Å². The summed E-state index contributed by atoms with van der Waals surface area (Å²) in [6.07, 6.45) is 0.0419. The number of primary amides is 1.